The molecule has 0 amide bonds. The first-order valence-electron chi connectivity index (χ1n) is 9.69. The van der Waals surface area contributed by atoms with Crippen molar-refractivity contribution in [3.63, 3.8) is 0 Å². The van der Waals surface area contributed by atoms with E-state index in [0.717, 1.165) is 18.7 Å². The van der Waals surface area contributed by atoms with Crippen molar-refractivity contribution in [2.45, 2.75) is 43.9 Å². The second kappa shape index (κ2) is 8.94. The number of esters is 1. The molecule has 0 spiro atoms. The van der Waals surface area contributed by atoms with Crippen LogP contribution in [0.15, 0.2) is 47.4 Å². The highest BCUT2D eigenvalue weighted by Crippen LogP contribution is 2.28. The average molecular weight is 419 g/mol. The van der Waals surface area contributed by atoms with Crippen molar-refractivity contribution < 1.29 is 23.2 Å². The zero-order valence-electron chi connectivity index (χ0n) is 16.6. The van der Waals surface area contributed by atoms with Gasteiger partial charge in [-0.1, -0.05) is 23.9 Å². The number of hydrogen-bond acceptors (Lipinski definition) is 6. The van der Waals surface area contributed by atoms with Crippen LogP contribution >= 0.6 is 0 Å². The lowest BCUT2D eigenvalue weighted by Gasteiger charge is -2.20. The van der Waals surface area contributed by atoms with Gasteiger partial charge in [-0.2, -0.15) is 0 Å². The molecule has 1 aliphatic heterocycles. The second-order valence-corrected chi connectivity index (χ2v) is 8.85. The van der Waals surface area contributed by atoms with E-state index in [4.69, 9.17) is 9.94 Å². The van der Waals surface area contributed by atoms with Crippen LogP contribution in [0.5, 0.6) is 5.75 Å². The maximum Gasteiger partial charge on any atom is 0.318 e. The Morgan fingerprint density at radius 2 is 1.83 bits per heavy atom. The highest BCUT2D eigenvalue weighted by Gasteiger charge is 2.23. The fourth-order valence-electron chi connectivity index (χ4n) is 3.57. The third kappa shape index (κ3) is 4.77. The summed E-state index contributed by atoms with van der Waals surface area (Å²) in [5.74, 6) is -0.510. The first-order chi connectivity index (χ1) is 13.9. The molecule has 2 N–H and O–H groups in total. The van der Waals surface area contributed by atoms with Crippen LogP contribution in [0.1, 0.15) is 43.2 Å². The molecule has 0 saturated carbocycles. The van der Waals surface area contributed by atoms with Crippen LogP contribution in [0.3, 0.4) is 0 Å². The molecule has 1 heterocycles. The Bertz CT molecular complexity index is 967. The number of sulfonamides is 1. The highest BCUT2D eigenvalue weighted by molar-refractivity contribution is 7.89. The number of nitrogens with zero attached hydrogens (tertiary/aromatic N) is 1. The monoisotopic (exact) mass is 418 g/mol. The van der Waals surface area contributed by atoms with Gasteiger partial charge in [0, 0.05) is 18.8 Å². The Morgan fingerprint density at radius 1 is 1.17 bits per heavy atom. The van der Waals surface area contributed by atoms with E-state index in [1.807, 2.05) is 31.2 Å². The second-order valence-electron chi connectivity index (χ2n) is 7.19. The Labute approximate surface area is 171 Å². The number of ether oxygens (including phenoxy) is 1. The summed E-state index contributed by atoms with van der Waals surface area (Å²) < 4.78 is 28.9. The average Bonchev–Trinajstić information content (AvgIpc) is 3.25. The van der Waals surface area contributed by atoms with E-state index in [2.05, 4.69) is 4.90 Å². The standard InChI is InChI=1S/C21H26N2O5S/c1-3-19(16-6-8-17(9-7-16)23-12-4-5-13-23)21(24)28-20-11-10-18(14-15(20)2)29(26,27)22-25/h6-11,14,19,22,25H,3-5,12-13H2,1-2H3. The van der Waals surface area contributed by atoms with Gasteiger partial charge in [0.2, 0.25) is 0 Å². The van der Waals surface area contributed by atoms with Gasteiger partial charge in [-0.25, -0.2) is 8.42 Å². The smallest absolute Gasteiger partial charge is 0.318 e. The van der Waals surface area contributed by atoms with Crippen molar-refractivity contribution >= 4 is 21.7 Å². The van der Waals surface area contributed by atoms with Crippen molar-refractivity contribution in [2.24, 2.45) is 0 Å². The van der Waals surface area contributed by atoms with Crippen LogP contribution in [0.2, 0.25) is 0 Å². The van der Waals surface area contributed by atoms with Gasteiger partial charge in [0.05, 0.1) is 10.8 Å². The molecule has 0 bridgehead atoms. The SMILES string of the molecule is CCC(C(=O)Oc1ccc(S(=O)(=O)NO)cc1C)c1ccc(N2CCCC2)cc1. The molecular formula is C21H26N2O5S. The lowest BCUT2D eigenvalue weighted by Crippen LogP contribution is -2.21. The Morgan fingerprint density at radius 3 is 2.38 bits per heavy atom. The van der Waals surface area contributed by atoms with Gasteiger partial charge < -0.3 is 14.8 Å². The molecule has 156 valence electrons. The summed E-state index contributed by atoms with van der Waals surface area (Å²) in [5, 5.41) is 8.75. The topological polar surface area (TPSA) is 95.9 Å². The predicted molar refractivity (Wildman–Crippen MR) is 110 cm³/mol. The van der Waals surface area contributed by atoms with Gasteiger partial charge in [-0.05, 0) is 67.6 Å². The minimum Gasteiger partial charge on any atom is -0.426 e. The summed E-state index contributed by atoms with van der Waals surface area (Å²) in [7, 11) is -3.98. The van der Waals surface area contributed by atoms with Gasteiger partial charge in [-0.15, -0.1) is 0 Å². The zero-order valence-corrected chi connectivity index (χ0v) is 17.4. The molecule has 0 radical (unpaired) electrons. The largest absolute Gasteiger partial charge is 0.426 e. The number of aryl methyl sites for hydroxylation is 1. The lowest BCUT2D eigenvalue weighted by molar-refractivity contribution is -0.136. The molecule has 2 aromatic carbocycles. The van der Waals surface area contributed by atoms with E-state index in [9.17, 15) is 13.2 Å². The number of nitrogens with one attached hydrogen (secondary N) is 1. The van der Waals surface area contributed by atoms with Crippen LogP contribution in [-0.4, -0.2) is 32.7 Å². The molecule has 3 rings (SSSR count). The molecular weight excluding hydrogens is 392 g/mol. The number of hydrogen-bond donors (Lipinski definition) is 2. The molecule has 7 nitrogen and oxygen atoms in total. The molecule has 0 aromatic heterocycles. The quantitative estimate of drug-likeness (QED) is 0.407. The molecule has 2 aromatic rings. The molecule has 1 atom stereocenters. The summed E-state index contributed by atoms with van der Waals surface area (Å²) >= 11 is 0. The van der Waals surface area contributed by atoms with Gasteiger partial charge in [0.25, 0.3) is 10.0 Å². The molecule has 1 aliphatic rings. The summed E-state index contributed by atoms with van der Waals surface area (Å²) in [6.07, 6.45) is 3.00. The first-order valence-corrected chi connectivity index (χ1v) is 11.2. The number of carbonyl (C=O) groups excluding carboxylic acids is 1. The fraction of sp³-hybridized carbons (Fsp3) is 0.381. The van der Waals surface area contributed by atoms with Crippen molar-refractivity contribution in [2.75, 3.05) is 18.0 Å². The van der Waals surface area contributed by atoms with E-state index in [-0.39, 0.29) is 10.9 Å². The van der Waals surface area contributed by atoms with Gasteiger partial charge in [-0.3, -0.25) is 4.79 Å². The van der Waals surface area contributed by atoms with Gasteiger partial charge >= 0.3 is 5.97 Å². The summed E-state index contributed by atoms with van der Waals surface area (Å²) in [6.45, 7) is 5.70. The Hall–Kier alpha value is -2.42. The lowest BCUT2D eigenvalue weighted by atomic mass is 9.96. The zero-order chi connectivity index (χ0) is 21.0. The maximum absolute atomic E-state index is 12.8. The molecule has 1 fully saturated rings. The summed E-state index contributed by atoms with van der Waals surface area (Å²) in [5.41, 5.74) is 2.54. The van der Waals surface area contributed by atoms with Crippen LogP contribution in [0.4, 0.5) is 5.69 Å². The van der Waals surface area contributed by atoms with Gasteiger partial charge in [0.1, 0.15) is 5.75 Å². The molecule has 8 heteroatoms. The highest BCUT2D eigenvalue weighted by atomic mass is 32.2. The number of benzene rings is 2. The van der Waals surface area contributed by atoms with E-state index >= 15 is 0 Å². The molecule has 1 unspecified atom stereocenters. The fourth-order valence-corrected chi connectivity index (χ4v) is 4.25. The van der Waals surface area contributed by atoms with Crippen molar-refractivity contribution in [1.82, 2.24) is 4.89 Å². The van der Waals surface area contributed by atoms with Crippen LogP contribution in [0.25, 0.3) is 0 Å². The third-order valence-electron chi connectivity index (χ3n) is 5.25. The van der Waals surface area contributed by atoms with Crippen LogP contribution in [0, 0.1) is 6.92 Å². The first kappa shape index (κ1) is 21.3. The molecule has 0 aliphatic carbocycles. The number of rotatable bonds is 7. The summed E-state index contributed by atoms with van der Waals surface area (Å²) in [6, 6.07) is 12.1. The minimum absolute atomic E-state index is 0.109. The van der Waals surface area contributed by atoms with Crippen LogP contribution < -0.4 is 14.5 Å². The predicted octanol–water partition coefficient (Wildman–Crippen LogP) is 3.36. The number of anilines is 1. The normalized spacial score (nSPS) is 15.3. The Balaban J connectivity index is 1.74. The van der Waals surface area contributed by atoms with Crippen molar-refractivity contribution in [1.29, 1.82) is 0 Å². The van der Waals surface area contributed by atoms with E-state index in [1.165, 1.54) is 41.6 Å². The van der Waals surface area contributed by atoms with Crippen LogP contribution in [-0.2, 0) is 14.8 Å². The Kier molecular flexibility index (Phi) is 6.56. The minimum atomic E-state index is -3.98. The third-order valence-corrected chi connectivity index (χ3v) is 6.36. The van der Waals surface area contributed by atoms with E-state index in [1.54, 1.807) is 6.92 Å². The van der Waals surface area contributed by atoms with E-state index in [0.29, 0.717) is 17.7 Å². The number of carbonyl (C=O) groups is 1. The molecule has 29 heavy (non-hydrogen) atoms. The van der Waals surface area contributed by atoms with E-state index < -0.39 is 15.9 Å². The summed E-state index contributed by atoms with van der Waals surface area (Å²) in [4.78, 5) is 16.3. The molecule has 1 saturated heterocycles. The van der Waals surface area contributed by atoms with Gasteiger partial charge in [0.15, 0.2) is 0 Å². The maximum atomic E-state index is 12.8. The van der Waals surface area contributed by atoms with Crippen molar-refractivity contribution in [3.05, 3.63) is 53.6 Å². The van der Waals surface area contributed by atoms with Crippen molar-refractivity contribution in [3.8, 4) is 5.75 Å².